The highest BCUT2D eigenvalue weighted by Gasteiger charge is 2.54. The van der Waals surface area contributed by atoms with Crippen LogP contribution in [0.3, 0.4) is 0 Å². The van der Waals surface area contributed by atoms with Gasteiger partial charge in [0.15, 0.2) is 4.75 Å². The van der Waals surface area contributed by atoms with Crippen LogP contribution < -0.4 is 10.4 Å². The number of nitrogens with one attached hydrogen (secondary N) is 1. The molecule has 1 aromatic carbocycles. The zero-order valence-electron chi connectivity index (χ0n) is 16.6. The van der Waals surface area contributed by atoms with Crippen molar-refractivity contribution >= 4 is 21.6 Å². The molecule has 8 nitrogen and oxygen atoms in total. The predicted octanol–water partition coefficient (Wildman–Crippen LogP) is 0.671. The van der Waals surface area contributed by atoms with Gasteiger partial charge in [-0.1, -0.05) is 19.1 Å². The lowest BCUT2D eigenvalue weighted by Gasteiger charge is -2.43. The topological polar surface area (TPSA) is 93.2 Å². The van der Waals surface area contributed by atoms with Gasteiger partial charge in [0.2, 0.25) is 10.0 Å². The maximum absolute atomic E-state index is 13.4. The highest BCUT2D eigenvalue weighted by molar-refractivity contribution is 7.91. The molecule has 2 aliphatic rings. The maximum Gasteiger partial charge on any atom is 0.266 e. The molecule has 0 aromatic heterocycles. The summed E-state index contributed by atoms with van der Waals surface area (Å²) in [5.74, 6) is -0.821. The first kappa shape index (κ1) is 21.0. The minimum absolute atomic E-state index is 0.178. The highest BCUT2D eigenvalue weighted by atomic mass is 32.2. The number of nitrogens with zero attached hydrogens (tertiary/aromatic N) is 3. The van der Waals surface area contributed by atoms with Gasteiger partial charge < -0.3 is 9.80 Å². The summed E-state index contributed by atoms with van der Waals surface area (Å²) < 4.78 is 26.6. The van der Waals surface area contributed by atoms with Crippen molar-refractivity contribution in [3.05, 3.63) is 29.8 Å². The SMILES string of the molecule is CCc1ccc(N2CCN(S(=O)(=O)C3(C(=O)NO)CCN(C)CC3)CC2)cc1. The van der Waals surface area contributed by atoms with Crippen molar-refractivity contribution in [2.24, 2.45) is 0 Å². The molecular weight excluding hydrogens is 380 g/mol. The monoisotopic (exact) mass is 410 g/mol. The Morgan fingerprint density at radius 3 is 2.14 bits per heavy atom. The molecule has 2 aliphatic heterocycles. The van der Waals surface area contributed by atoms with Gasteiger partial charge in [0, 0.05) is 31.9 Å². The van der Waals surface area contributed by atoms with Gasteiger partial charge in [-0.2, -0.15) is 4.31 Å². The lowest BCUT2D eigenvalue weighted by Crippen LogP contribution is -2.63. The smallest absolute Gasteiger partial charge is 0.266 e. The van der Waals surface area contributed by atoms with E-state index in [9.17, 15) is 18.4 Å². The third kappa shape index (κ3) is 3.76. The maximum atomic E-state index is 13.4. The van der Waals surface area contributed by atoms with Gasteiger partial charge in [0.25, 0.3) is 5.91 Å². The summed E-state index contributed by atoms with van der Waals surface area (Å²) in [5.41, 5.74) is 3.95. The average Bonchev–Trinajstić information content (AvgIpc) is 2.74. The number of anilines is 1. The molecule has 28 heavy (non-hydrogen) atoms. The second-order valence-corrected chi connectivity index (χ2v) is 9.90. The molecule has 0 unspecified atom stereocenters. The molecule has 2 saturated heterocycles. The number of carbonyl (C=O) groups excluding carboxylic acids is 1. The van der Waals surface area contributed by atoms with E-state index >= 15 is 0 Å². The number of hydrogen-bond donors (Lipinski definition) is 2. The summed E-state index contributed by atoms with van der Waals surface area (Å²) in [4.78, 5) is 16.6. The molecule has 1 aromatic rings. The Kier molecular flexibility index (Phi) is 6.28. The molecule has 0 saturated carbocycles. The summed E-state index contributed by atoms with van der Waals surface area (Å²) in [5, 5.41) is 9.21. The van der Waals surface area contributed by atoms with Crippen LogP contribution in [0.4, 0.5) is 5.69 Å². The second-order valence-electron chi connectivity index (χ2n) is 7.65. The fourth-order valence-electron chi connectivity index (χ4n) is 4.06. The fraction of sp³-hybridized carbons (Fsp3) is 0.632. The van der Waals surface area contributed by atoms with E-state index in [1.807, 2.05) is 11.9 Å². The standard InChI is InChI=1S/C19H30N4O4S/c1-3-16-4-6-17(7-5-16)22-12-14-23(15-13-22)28(26,27)19(18(24)20-25)8-10-21(2)11-9-19/h4-7,25H,3,8-15H2,1-2H3,(H,20,24). The molecule has 0 bridgehead atoms. The molecule has 0 spiro atoms. The number of sulfonamides is 1. The summed E-state index contributed by atoms with van der Waals surface area (Å²) in [7, 11) is -1.99. The van der Waals surface area contributed by atoms with Crippen LogP contribution in [-0.4, -0.2) is 79.8 Å². The number of benzene rings is 1. The number of aryl methyl sites for hydroxylation is 1. The third-order valence-electron chi connectivity index (χ3n) is 6.09. The number of piperidine rings is 1. The molecule has 2 heterocycles. The first-order chi connectivity index (χ1) is 13.3. The summed E-state index contributed by atoms with van der Waals surface area (Å²) in [6.45, 7) is 4.90. The molecular formula is C19H30N4O4S. The Hall–Kier alpha value is -1.68. The minimum Gasteiger partial charge on any atom is -0.369 e. The highest BCUT2D eigenvalue weighted by Crippen LogP contribution is 2.34. The van der Waals surface area contributed by atoms with Crippen molar-refractivity contribution < 1.29 is 18.4 Å². The van der Waals surface area contributed by atoms with E-state index in [0.717, 1.165) is 12.1 Å². The molecule has 0 radical (unpaired) electrons. The lowest BCUT2D eigenvalue weighted by molar-refractivity contribution is -0.133. The van der Waals surface area contributed by atoms with Crippen LogP contribution in [0, 0.1) is 0 Å². The number of carbonyl (C=O) groups is 1. The van der Waals surface area contributed by atoms with Crippen LogP contribution in [0.5, 0.6) is 0 Å². The van der Waals surface area contributed by atoms with E-state index in [4.69, 9.17) is 0 Å². The Balaban J connectivity index is 1.74. The van der Waals surface area contributed by atoms with Gasteiger partial charge in [-0.15, -0.1) is 0 Å². The van der Waals surface area contributed by atoms with Crippen LogP contribution in [0.1, 0.15) is 25.3 Å². The quantitative estimate of drug-likeness (QED) is 0.548. The molecule has 156 valence electrons. The second kappa shape index (κ2) is 8.36. The Labute approximate surface area is 167 Å². The summed E-state index contributed by atoms with van der Waals surface area (Å²) in [6.07, 6.45) is 1.34. The van der Waals surface area contributed by atoms with Crippen LogP contribution >= 0.6 is 0 Å². The van der Waals surface area contributed by atoms with Gasteiger partial charge in [-0.25, -0.2) is 13.9 Å². The summed E-state index contributed by atoms with van der Waals surface area (Å²) >= 11 is 0. The summed E-state index contributed by atoms with van der Waals surface area (Å²) in [6, 6.07) is 8.33. The molecule has 0 aliphatic carbocycles. The Morgan fingerprint density at radius 2 is 1.64 bits per heavy atom. The van der Waals surface area contributed by atoms with Gasteiger partial charge in [0.05, 0.1) is 0 Å². The number of amides is 1. The average molecular weight is 411 g/mol. The number of rotatable bonds is 5. The fourth-order valence-corrected chi connectivity index (χ4v) is 6.18. The van der Waals surface area contributed by atoms with Crippen LogP contribution in [-0.2, 0) is 21.2 Å². The van der Waals surface area contributed by atoms with E-state index in [-0.39, 0.29) is 12.8 Å². The van der Waals surface area contributed by atoms with Crippen molar-refractivity contribution in [2.45, 2.75) is 30.9 Å². The van der Waals surface area contributed by atoms with Gasteiger partial charge >= 0.3 is 0 Å². The molecule has 2 N–H and O–H groups in total. The van der Waals surface area contributed by atoms with Crippen LogP contribution in [0.25, 0.3) is 0 Å². The van der Waals surface area contributed by atoms with Crippen LogP contribution in [0.15, 0.2) is 24.3 Å². The molecule has 0 atom stereocenters. The third-order valence-corrected chi connectivity index (χ3v) is 8.72. The molecule has 3 rings (SSSR count). The van der Waals surface area contributed by atoms with Crippen molar-refractivity contribution in [1.29, 1.82) is 0 Å². The number of piperazine rings is 1. The lowest BCUT2D eigenvalue weighted by atomic mass is 9.95. The number of hydrogen-bond acceptors (Lipinski definition) is 6. The first-order valence-corrected chi connectivity index (χ1v) is 11.2. The largest absolute Gasteiger partial charge is 0.369 e. The van der Waals surface area contributed by atoms with E-state index in [0.29, 0.717) is 39.3 Å². The van der Waals surface area contributed by atoms with Crippen molar-refractivity contribution in [1.82, 2.24) is 14.7 Å². The zero-order chi connectivity index (χ0) is 20.4. The molecule has 1 amide bonds. The van der Waals surface area contributed by atoms with Crippen molar-refractivity contribution in [3.8, 4) is 0 Å². The van der Waals surface area contributed by atoms with Crippen molar-refractivity contribution in [3.63, 3.8) is 0 Å². The zero-order valence-corrected chi connectivity index (χ0v) is 17.4. The van der Waals surface area contributed by atoms with E-state index in [2.05, 4.69) is 36.1 Å². The van der Waals surface area contributed by atoms with Gasteiger partial charge in [-0.05, 0) is 57.1 Å². The first-order valence-electron chi connectivity index (χ1n) is 9.81. The minimum atomic E-state index is -3.89. The van der Waals surface area contributed by atoms with E-state index in [1.165, 1.54) is 9.87 Å². The van der Waals surface area contributed by atoms with Crippen LogP contribution in [0.2, 0.25) is 0 Å². The number of likely N-dealkylation sites (tertiary alicyclic amines) is 1. The van der Waals surface area contributed by atoms with Gasteiger partial charge in [0.1, 0.15) is 0 Å². The Morgan fingerprint density at radius 1 is 1.07 bits per heavy atom. The van der Waals surface area contributed by atoms with Gasteiger partial charge in [-0.3, -0.25) is 10.0 Å². The molecule has 2 fully saturated rings. The Bertz CT molecular complexity index is 781. The number of hydroxylamine groups is 1. The molecule has 9 heteroatoms. The predicted molar refractivity (Wildman–Crippen MR) is 108 cm³/mol. The van der Waals surface area contributed by atoms with E-state index in [1.54, 1.807) is 5.48 Å². The van der Waals surface area contributed by atoms with E-state index < -0.39 is 20.7 Å². The van der Waals surface area contributed by atoms with Crippen molar-refractivity contribution in [2.75, 3.05) is 51.2 Å². The normalized spacial score (nSPS) is 21.5.